The van der Waals surface area contributed by atoms with Gasteiger partial charge in [0.05, 0.1) is 19.8 Å². The highest BCUT2D eigenvalue weighted by atomic mass is 19.4. The molecule has 0 atom stereocenters. The molecule has 0 saturated carbocycles. The average molecular weight is 406 g/mol. The van der Waals surface area contributed by atoms with Crippen molar-refractivity contribution >= 4 is 0 Å². The molecule has 0 aliphatic carbocycles. The van der Waals surface area contributed by atoms with Crippen LogP contribution in [-0.4, -0.2) is 30.6 Å². The van der Waals surface area contributed by atoms with Gasteiger partial charge in [0.1, 0.15) is 0 Å². The third-order valence-electron chi connectivity index (χ3n) is 5.22. The molecule has 0 unspecified atom stereocenters. The van der Waals surface area contributed by atoms with Crippen molar-refractivity contribution in [3.05, 3.63) is 65.1 Å². The molecule has 0 bridgehead atoms. The molecule has 0 amide bonds. The number of ether oxygens (including phenoxy) is 2. The Morgan fingerprint density at radius 2 is 1.83 bits per heavy atom. The molecule has 2 aromatic rings. The van der Waals surface area contributed by atoms with E-state index in [1.807, 2.05) is 12.1 Å². The molecule has 1 aliphatic heterocycles. The first kappa shape index (κ1) is 21.0. The van der Waals surface area contributed by atoms with Crippen LogP contribution in [0.5, 0.6) is 11.5 Å². The molecule has 0 N–H and O–H groups in total. The van der Waals surface area contributed by atoms with Crippen LogP contribution in [0.4, 0.5) is 13.2 Å². The number of halogens is 3. The minimum atomic E-state index is -4.35. The largest absolute Gasteiger partial charge is 0.493 e. The van der Waals surface area contributed by atoms with Crippen molar-refractivity contribution in [1.82, 2.24) is 9.88 Å². The number of hydrogen-bond donors (Lipinski definition) is 0. The topological polar surface area (TPSA) is 34.6 Å². The molecule has 0 spiro atoms. The van der Waals surface area contributed by atoms with Crippen LogP contribution < -0.4 is 9.47 Å². The predicted octanol–water partition coefficient (Wildman–Crippen LogP) is 5.01. The summed E-state index contributed by atoms with van der Waals surface area (Å²) in [6, 6.07) is 6.58. The summed E-state index contributed by atoms with van der Waals surface area (Å²) in [5.41, 5.74) is 3.41. The minimum Gasteiger partial charge on any atom is -0.493 e. The van der Waals surface area contributed by atoms with E-state index in [0.717, 1.165) is 56.1 Å². The summed E-state index contributed by atoms with van der Waals surface area (Å²) in [5.74, 6) is 1.45. The molecule has 7 heteroatoms. The number of pyridine rings is 1. The molecule has 0 saturated heterocycles. The molecule has 29 heavy (non-hydrogen) atoms. The second-order valence-electron chi connectivity index (χ2n) is 7.10. The maximum atomic E-state index is 12.6. The summed E-state index contributed by atoms with van der Waals surface area (Å²) < 4.78 is 48.6. The van der Waals surface area contributed by atoms with E-state index in [4.69, 9.17) is 9.47 Å². The van der Waals surface area contributed by atoms with E-state index in [1.54, 1.807) is 14.2 Å². The third-order valence-corrected chi connectivity index (χ3v) is 5.22. The van der Waals surface area contributed by atoms with E-state index in [1.165, 1.54) is 17.2 Å². The molecule has 0 radical (unpaired) electrons. The first-order valence-corrected chi connectivity index (χ1v) is 9.50. The van der Waals surface area contributed by atoms with E-state index in [-0.39, 0.29) is 0 Å². The van der Waals surface area contributed by atoms with Crippen LogP contribution in [0.25, 0.3) is 0 Å². The Balaban J connectivity index is 1.54. The number of nitrogens with zero attached hydrogens (tertiary/aromatic N) is 2. The summed E-state index contributed by atoms with van der Waals surface area (Å²) in [6.07, 6.45) is -0.385. The first-order chi connectivity index (χ1) is 13.8. The Morgan fingerprint density at radius 1 is 1.14 bits per heavy atom. The number of hydrogen-bond acceptors (Lipinski definition) is 4. The van der Waals surface area contributed by atoms with Gasteiger partial charge in [-0.15, -0.1) is 0 Å². The predicted molar refractivity (Wildman–Crippen MR) is 105 cm³/mol. The molecule has 1 aromatic heterocycles. The molecule has 156 valence electrons. The number of aryl methyl sites for hydroxylation is 1. The van der Waals surface area contributed by atoms with Crippen LogP contribution in [0.1, 0.15) is 35.2 Å². The Labute approximate surface area is 169 Å². The van der Waals surface area contributed by atoms with Gasteiger partial charge in [0.2, 0.25) is 0 Å². The van der Waals surface area contributed by atoms with Gasteiger partial charge in [0.15, 0.2) is 11.5 Å². The summed E-state index contributed by atoms with van der Waals surface area (Å²) in [7, 11) is 3.26. The standard InChI is InChI=1S/C22H25F3N2O2/c1-15(5-4-6-19-8-7-18(13-26-19)22(23,24)25)27-10-9-16-11-20(28-2)21(29-3)12-17(16)14-27/h7-8,11-13H,1,4-6,9-10,14H2,2-3H3. The lowest BCUT2D eigenvalue weighted by molar-refractivity contribution is -0.137. The summed E-state index contributed by atoms with van der Waals surface area (Å²) in [6.45, 7) is 5.84. The van der Waals surface area contributed by atoms with E-state index >= 15 is 0 Å². The van der Waals surface area contributed by atoms with Crippen molar-refractivity contribution < 1.29 is 22.6 Å². The number of alkyl halides is 3. The van der Waals surface area contributed by atoms with Crippen LogP contribution >= 0.6 is 0 Å². The van der Waals surface area contributed by atoms with Crippen LogP contribution in [-0.2, 0) is 25.6 Å². The van der Waals surface area contributed by atoms with E-state index in [2.05, 4.69) is 16.5 Å². The van der Waals surface area contributed by atoms with Crippen molar-refractivity contribution in [2.75, 3.05) is 20.8 Å². The monoisotopic (exact) mass is 406 g/mol. The van der Waals surface area contributed by atoms with Crippen LogP contribution in [0.15, 0.2) is 42.7 Å². The van der Waals surface area contributed by atoms with Crippen LogP contribution in [0.3, 0.4) is 0 Å². The minimum absolute atomic E-state index is 0.618. The van der Waals surface area contributed by atoms with Gasteiger partial charge in [-0.25, -0.2) is 0 Å². The van der Waals surface area contributed by atoms with E-state index < -0.39 is 11.7 Å². The van der Waals surface area contributed by atoms with Gasteiger partial charge in [-0.05, 0) is 61.1 Å². The Hall–Kier alpha value is -2.70. The zero-order valence-electron chi connectivity index (χ0n) is 16.7. The van der Waals surface area contributed by atoms with Gasteiger partial charge in [-0.1, -0.05) is 6.58 Å². The van der Waals surface area contributed by atoms with Gasteiger partial charge >= 0.3 is 6.18 Å². The maximum absolute atomic E-state index is 12.6. The molecule has 3 rings (SSSR count). The lowest BCUT2D eigenvalue weighted by Crippen LogP contribution is -2.29. The second kappa shape index (κ2) is 8.76. The molecule has 1 aromatic carbocycles. The van der Waals surface area contributed by atoms with Gasteiger partial charge in [0, 0.05) is 30.7 Å². The third kappa shape index (κ3) is 5.02. The highest BCUT2D eigenvalue weighted by Gasteiger charge is 2.30. The van der Waals surface area contributed by atoms with Gasteiger partial charge < -0.3 is 14.4 Å². The molecule has 1 aliphatic rings. The number of methoxy groups -OCH3 is 2. The number of allylic oxidation sites excluding steroid dienone is 1. The number of aromatic nitrogens is 1. The fourth-order valence-electron chi connectivity index (χ4n) is 3.52. The molecular weight excluding hydrogens is 381 g/mol. The quantitative estimate of drug-likeness (QED) is 0.647. The highest BCUT2D eigenvalue weighted by Crippen LogP contribution is 2.34. The van der Waals surface area contributed by atoms with Gasteiger partial charge in [-0.2, -0.15) is 13.2 Å². The maximum Gasteiger partial charge on any atom is 0.417 e. The summed E-state index contributed by atoms with van der Waals surface area (Å²) >= 11 is 0. The molecular formula is C22H25F3N2O2. The fraction of sp³-hybridized carbons (Fsp3) is 0.409. The smallest absolute Gasteiger partial charge is 0.417 e. The lowest BCUT2D eigenvalue weighted by Gasteiger charge is -2.32. The summed E-state index contributed by atoms with van der Waals surface area (Å²) in [4.78, 5) is 6.18. The Morgan fingerprint density at radius 3 is 2.41 bits per heavy atom. The Bertz CT molecular complexity index is 864. The van der Waals surface area contributed by atoms with E-state index in [9.17, 15) is 13.2 Å². The van der Waals surface area contributed by atoms with Crippen LogP contribution in [0.2, 0.25) is 0 Å². The summed E-state index contributed by atoms with van der Waals surface area (Å²) in [5, 5.41) is 0. The lowest BCUT2D eigenvalue weighted by atomic mass is 9.98. The van der Waals surface area contributed by atoms with Crippen molar-refractivity contribution in [3.8, 4) is 11.5 Å². The normalized spacial score (nSPS) is 13.8. The highest BCUT2D eigenvalue weighted by molar-refractivity contribution is 5.48. The molecule has 2 heterocycles. The van der Waals surface area contributed by atoms with Crippen molar-refractivity contribution in [3.63, 3.8) is 0 Å². The van der Waals surface area contributed by atoms with Crippen molar-refractivity contribution in [2.24, 2.45) is 0 Å². The van der Waals surface area contributed by atoms with Crippen molar-refractivity contribution in [2.45, 2.75) is 38.4 Å². The van der Waals surface area contributed by atoms with E-state index in [0.29, 0.717) is 17.9 Å². The van der Waals surface area contributed by atoms with Crippen molar-refractivity contribution in [1.29, 1.82) is 0 Å². The van der Waals surface area contributed by atoms with Gasteiger partial charge in [0.25, 0.3) is 0 Å². The number of rotatable bonds is 7. The zero-order valence-corrected chi connectivity index (χ0v) is 16.7. The fourth-order valence-corrected chi connectivity index (χ4v) is 3.52. The van der Waals surface area contributed by atoms with Gasteiger partial charge in [-0.3, -0.25) is 4.98 Å². The number of benzene rings is 1. The SMILES string of the molecule is C=C(CCCc1ccc(C(F)(F)F)cn1)N1CCc2cc(OC)c(OC)cc2C1. The first-order valence-electron chi connectivity index (χ1n) is 9.50. The average Bonchev–Trinajstić information content (AvgIpc) is 2.71. The zero-order chi connectivity index (χ0) is 21.0. The molecule has 0 fully saturated rings. The van der Waals surface area contributed by atoms with Crippen LogP contribution in [0, 0.1) is 0 Å². The molecule has 4 nitrogen and oxygen atoms in total. The number of fused-ring (bicyclic) bond motifs is 1. The Kier molecular flexibility index (Phi) is 6.35. The second-order valence-corrected chi connectivity index (χ2v) is 7.10.